The first-order valence-corrected chi connectivity index (χ1v) is 10.4. The zero-order valence-electron chi connectivity index (χ0n) is 17.0. The number of aromatic nitrogens is 2. The monoisotopic (exact) mass is 419 g/mol. The van der Waals surface area contributed by atoms with E-state index in [1.54, 1.807) is 21.3 Å². The number of aromatic amines is 1. The van der Waals surface area contributed by atoms with E-state index < -0.39 is 0 Å². The first-order valence-electron chi connectivity index (χ1n) is 9.52. The van der Waals surface area contributed by atoms with Gasteiger partial charge in [0.15, 0.2) is 17.3 Å². The maximum atomic E-state index is 13.0. The van der Waals surface area contributed by atoms with Crippen molar-refractivity contribution >= 4 is 22.6 Å². The van der Waals surface area contributed by atoms with Gasteiger partial charge in [-0.3, -0.25) is 14.6 Å². The summed E-state index contributed by atoms with van der Waals surface area (Å²) in [6, 6.07) is 3.93. The second-order valence-corrected chi connectivity index (χ2v) is 8.24. The molecule has 0 aliphatic carbocycles. The van der Waals surface area contributed by atoms with Crippen LogP contribution in [-0.2, 0) is 4.74 Å². The van der Waals surface area contributed by atoms with Crippen LogP contribution in [0.2, 0.25) is 0 Å². The van der Waals surface area contributed by atoms with Gasteiger partial charge in [-0.05, 0) is 31.9 Å². The average Bonchev–Trinajstić information content (AvgIpc) is 3.08. The largest absolute Gasteiger partial charge is 0.493 e. The van der Waals surface area contributed by atoms with Crippen LogP contribution in [0.4, 0.5) is 5.82 Å². The lowest BCUT2D eigenvalue weighted by atomic mass is 10.0. The number of hydrogen-bond acceptors (Lipinski definition) is 7. The molecule has 4 rings (SSSR count). The molecule has 1 N–H and O–H groups in total. The summed E-state index contributed by atoms with van der Waals surface area (Å²) in [6.45, 7) is 3.33. The molecule has 0 saturated carbocycles. The Bertz CT molecular complexity index is 991. The van der Waals surface area contributed by atoms with E-state index in [0.717, 1.165) is 23.4 Å². The topological polar surface area (TPSA) is 87.1 Å². The van der Waals surface area contributed by atoms with Crippen molar-refractivity contribution in [2.75, 3.05) is 34.5 Å². The summed E-state index contributed by atoms with van der Waals surface area (Å²) in [5.74, 6) is 2.34. The molecule has 1 aromatic heterocycles. The molecule has 9 heteroatoms. The van der Waals surface area contributed by atoms with Gasteiger partial charge in [-0.25, -0.2) is 4.99 Å². The van der Waals surface area contributed by atoms with Gasteiger partial charge in [0.05, 0.1) is 43.2 Å². The Morgan fingerprint density at radius 1 is 1.14 bits per heavy atom. The molecule has 156 valence electrons. The summed E-state index contributed by atoms with van der Waals surface area (Å²) >= 11 is 1.53. The highest BCUT2D eigenvalue weighted by molar-refractivity contribution is 8.14. The number of thioether (sulfide) groups is 1. The van der Waals surface area contributed by atoms with Crippen molar-refractivity contribution in [3.8, 4) is 17.2 Å². The van der Waals surface area contributed by atoms with Gasteiger partial charge in [0.1, 0.15) is 0 Å². The van der Waals surface area contributed by atoms with Crippen LogP contribution in [0.3, 0.4) is 0 Å². The smallest absolute Gasteiger partial charge is 0.271 e. The Morgan fingerprint density at radius 2 is 1.86 bits per heavy atom. The fourth-order valence-corrected chi connectivity index (χ4v) is 5.09. The third-order valence-electron chi connectivity index (χ3n) is 5.32. The van der Waals surface area contributed by atoms with E-state index in [0.29, 0.717) is 41.8 Å². The molecule has 2 aliphatic rings. The third-order valence-corrected chi connectivity index (χ3v) is 6.48. The second kappa shape index (κ2) is 8.16. The van der Waals surface area contributed by atoms with Crippen LogP contribution >= 0.6 is 11.8 Å². The number of methoxy groups -OCH3 is 3. The van der Waals surface area contributed by atoms with Crippen LogP contribution in [0.25, 0.3) is 0 Å². The minimum absolute atomic E-state index is 0.128. The van der Waals surface area contributed by atoms with Gasteiger partial charge in [0.2, 0.25) is 5.75 Å². The Balaban J connectivity index is 1.86. The number of aliphatic imine (C=N–C) groups is 1. The lowest BCUT2D eigenvalue weighted by Crippen LogP contribution is -2.21. The molecule has 1 fully saturated rings. The molecule has 1 saturated heterocycles. The Labute approximate surface area is 173 Å². The summed E-state index contributed by atoms with van der Waals surface area (Å²) in [6.07, 6.45) is 1.70. The number of rotatable bonds is 5. The Hall–Kier alpha value is -2.39. The van der Waals surface area contributed by atoms with Crippen LogP contribution < -0.4 is 19.8 Å². The minimum atomic E-state index is -0.262. The molecule has 8 nitrogen and oxygen atoms in total. The van der Waals surface area contributed by atoms with E-state index in [1.807, 2.05) is 23.7 Å². The number of hydrogen-bond donors (Lipinski definition) is 1. The SMILES string of the molecule is COc1ccc(C2SC(C)=Nc3c2c(=O)[nH]n3C2CCOCC2)c(OC)c1OC. The summed E-state index contributed by atoms with van der Waals surface area (Å²) in [5, 5.41) is 3.65. The van der Waals surface area contributed by atoms with Crippen LogP contribution in [0.15, 0.2) is 21.9 Å². The lowest BCUT2D eigenvalue weighted by Gasteiger charge is -2.27. The molecule has 1 atom stereocenters. The van der Waals surface area contributed by atoms with E-state index in [-0.39, 0.29) is 16.9 Å². The number of H-pyrrole nitrogens is 1. The summed E-state index contributed by atoms with van der Waals surface area (Å²) in [5.41, 5.74) is 1.36. The first-order chi connectivity index (χ1) is 14.1. The standard InChI is InChI=1S/C20H25N3O5S/c1-11-21-19-15(20(24)22-23(19)12-7-9-28-10-8-12)18(29-11)13-5-6-14(25-2)17(27-4)16(13)26-3/h5-6,12,18H,7-10H2,1-4H3,(H,22,24). The van der Waals surface area contributed by atoms with E-state index >= 15 is 0 Å². The van der Waals surface area contributed by atoms with Crippen molar-refractivity contribution in [3.05, 3.63) is 33.6 Å². The van der Waals surface area contributed by atoms with Crippen molar-refractivity contribution in [1.29, 1.82) is 0 Å². The minimum Gasteiger partial charge on any atom is -0.493 e. The molecular weight excluding hydrogens is 394 g/mol. The number of benzene rings is 1. The van der Waals surface area contributed by atoms with Crippen molar-refractivity contribution < 1.29 is 18.9 Å². The van der Waals surface area contributed by atoms with Gasteiger partial charge < -0.3 is 18.9 Å². The van der Waals surface area contributed by atoms with Crippen LogP contribution in [0.5, 0.6) is 17.2 Å². The number of fused-ring (bicyclic) bond motifs is 1. The maximum absolute atomic E-state index is 13.0. The predicted molar refractivity (Wildman–Crippen MR) is 112 cm³/mol. The van der Waals surface area contributed by atoms with E-state index in [1.165, 1.54) is 11.8 Å². The van der Waals surface area contributed by atoms with Gasteiger partial charge in [0.25, 0.3) is 5.56 Å². The molecule has 1 aromatic carbocycles. The quantitative estimate of drug-likeness (QED) is 0.799. The highest BCUT2D eigenvalue weighted by atomic mass is 32.2. The molecule has 3 heterocycles. The zero-order chi connectivity index (χ0) is 20.5. The van der Waals surface area contributed by atoms with Crippen molar-refractivity contribution in [2.45, 2.75) is 31.1 Å². The van der Waals surface area contributed by atoms with Gasteiger partial charge in [0, 0.05) is 18.8 Å². The first kappa shape index (κ1) is 19.9. The van der Waals surface area contributed by atoms with Crippen LogP contribution in [0.1, 0.15) is 42.2 Å². The van der Waals surface area contributed by atoms with Crippen molar-refractivity contribution in [1.82, 2.24) is 9.78 Å². The molecule has 0 amide bonds. The molecular formula is C20H25N3O5S. The molecule has 2 aliphatic heterocycles. The molecule has 0 radical (unpaired) electrons. The third kappa shape index (κ3) is 3.42. The molecule has 29 heavy (non-hydrogen) atoms. The molecule has 2 aromatic rings. The van der Waals surface area contributed by atoms with Crippen molar-refractivity contribution in [2.24, 2.45) is 4.99 Å². The highest BCUT2D eigenvalue weighted by Gasteiger charge is 2.35. The molecule has 0 bridgehead atoms. The summed E-state index contributed by atoms with van der Waals surface area (Å²) in [4.78, 5) is 17.7. The number of nitrogens with one attached hydrogen (secondary N) is 1. The zero-order valence-corrected chi connectivity index (χ0v) is 17.8. The van der Waals surface area contributed by atoms with Gasteiger partial charge >= 0.3 is 0 Å². The predicted octanol–water partition coefficient (Wildman–Crippen LogP) is 3.44. The van der Waals surface area contributed by atoms with E-state index in [2.05, 4.69) is 5.10 Å². The number of nitrogens with zero attached hydrogens (tertiary/aromatic N) is 2. The van der Waals surface area contributed by atoms with Crippen molar-refractivity contribution in [3.63, 3.8) is 0 Å². The normalized spacial score (nSPS) is 19.4. The fraction of sp³-hybridized carbons (Fsp3) is 0.500. The fourth-order valence-electron chi connectivity index (χ4n) is 3.97. The van der Waals surface area contributed by atoms with Gasteiger partial charge in [-0.15, -0.1) is 0 Å². The van der Waals surface area contributed by atoms with E-state index in [4.69, 9.17) is 23.9 Å². The highest BCUT2D eigenvalue weighted by Crippen LogP contribution is 2.51. The second-order valence-electron chi connectivity index (χ2n) is 6.94. The molecule has 0 spiro atoms. The Morgan fingerprint density at radius 3 is 2.52 bits per heavy atom. The number of ether oxygens (including phenoxy) is 4. The van der Waals surface area contributed by atoms with Crippen LogP contribution in [0, 0.1) is 0 Å². The summed E-state index contributed by atoms with van der Waals surface area (Å²) < 4.78 is 24.0. The Kier molecular flexibility index (Phi) is 5.60. The van der Waals surface area contributed by atoms with Crippen LogP contribution in [-0.4, -0.2) is 49.4 Å². The molecule has 1 unspecified atom stereocenters. The summed E-state index contributed by atoms with van der Waals surface area (Å²) in [7, 11) is 4.75. The lowest BCUT2D eigenvalue weighted by molar-refractivity contribution is 0.0666. The average molecular weight is 420 g/mol. The maximum Gasteiger partial charge on any atom is 0.271 e. The van der Waals surface area contributed by atoms with Gasteiger partial charge in [-0.1, -0.05) is 11.8 Å². The van der Waals surface area contributed by atoms with E-state index in [9.17, 15) is 4.79 Å². The van der Waals surface area contributed by atoms with Gasteiger partial charge in [-0.2, -0.15) is 0 Å².